The average Bonchev–Trinajstić information content (AvgIpc) is 2.75. The third-order valence-corrected chi connectivity index (χ3v) is 2.40. The number of hydrogen-bond donors (Lipinski definition) is 1. The molecule has 1 heterocycles. The number of aromatic nitrogens is 4. The van der Waals surface area contributed by atoms with Crippen LogP contribution in [0.4, 0.5) is 0 Å². The van der Waals surface area contributed by atoms with Crippen LogP contribution in [0.25, 0.3) is 0 Å². The zero-order chi connectivity index (χ0) is 12.3. The summed E-state index contributed by atoms with van der Waals surface area (Å²) in [6, 6.07) is 7.29. The molecule has 1 unspecified atom stereocenters. The third kappa shape index (κ3) is 2.79. The van der Waals surface area contributed by atoms with Crippen molar-refractivity contribution in [3.8, 4) is 5.75 Å². The van der Waals surface area contributed by atoms with Gasteiger partial charge in [0.1, 0.15) is 5.75 Å². The van der Waals surface area contributed by atoms with Crippen molar-refractivity contribution in [2.45, 2.75) is 12.5 Å². The first-order valence-corrected chi connectivity index (χ1v) is 5.24. The second-order valence-electron chi connectivity index (χ2n) is 3.69. The third-order valence-electron chi connectivity index (χ3n) is 2.40. The number of benzene rings is 1. The predicted molar refractivity (Wildman–Crippen MR) is 60.5 cm³/mol. The van der Waals surface area contributed by atoms with E-state index in [2.05, 4.69) is 15.4 Å². The van der Waals surface area contributed by atoms with Crippen molar-refractivity contribution in [2.75, 3.05) is 7.11 Å². The minimum atomic E-state index is -0.658. The Morgan fingerprint density at radius 2 is 2.29 bits per heavy atom. The Kier molecular flexibility index (Phi) is 3.34. The van der Waals surface area contributed by atoms with Crippen LogP contribution in [0, 0.1) is 0 Å². The van der Waals surface area contributed by atoms with Gasteiger partial charge in [-0.15, -0.1) is 10.2 Å². The first-order chi connectivity index (χ1) is 8.19. The number of methoxy groups -OCH3 is 1. The van der Waals surface area contributed by atoms with E-state index in [1.165, 1.54) is 4.80 Å². The maximum absolute atomic E-state index is 10.0. The van der Waals surface area contributed by atoms with Crippen LogP contribution < -0.4 is 4.74 Å². The summed E-state index contributed by atoms with van der Waals surface area (Å²) in [5, 5.41) is 21.6. The Balaban J connectivity index is 2.11. The van der Waals surface area contributed by atoms with Gasteiger partial charge in [0.25, 0.3) is 0 Å². The van der Waals surface area contributed by atoms with E-state index in [0.29, 0.717) is 18.0 Å². The van der Waals surface area contributed by atoms with E-state index in [1.54, 1.807) is 20.2 Å². The van der Waals surface area contributed by atoms with Gasteiger partial charge in [0.2, 0.25) is 0 Å². The monoisotopic (exact) mass is 234 g/mol. The molecule has 0 fully saturated rings. The number of nitrogens with zero attached hydrogens (tertiary/aromatic N) is 4. The molecular weight excluding hydrogens is 220 g/mol. The lowest BCUT2D eigenvalue weighted by Gasteiger charge is -2.09. The fourth-order valence-corrected chi connectivity index (χ4v) is 1.54. The molecule has 90 valence electrons. The molecule has 1 atom stereocenters. The molecule has 0 radical (unpaired) electrons. The van der Waals surface area contributed by atoms with Gasteiger partial charge in [0.05, 0.1) is 20.3 Å². The Bertz CT molecular complexity index is 498. The Labute approximate surface area is 98.8 Å². The number of hydrogen-bond acceptors (Lipinski definition) is 5. The maximum Gasteiger partial charge on any atom is 0.177 e. The molecule has 1 N–H and O–H groups in total. The summed E-state index contributed by atoms with van der Waals surface area (Å²) in [5.41, 5.74) is 0.775. The standard InChI is InChI=1S/C11H14N4O2/c1-15-13-11(12-14-15)7-10(16)8-4-3-5-9(6-8)17-2/h3-6,10,16H,7H2,1-2H3. The van der Waals surface area contributed by atoms with E-state index < -0.39 is 6.10 Å². The minimum absolute atomic E-state index is 0.334. The smallest absolute Gasteiger partial charge is 0.177 e. The Morgan fingerprint density at radius 1 is 1.47 bits per heavy atom. The largest absolute Gasteiger partial charge is 0.497 e. The molecule has 2 rings (SSSR count). The lowest BCUT2D eigenvalue weighted by atomic mass is 10.1. The van der Waals surface area contributed by atoms with E-state index in [-0.39, 0.29) is 0 Å². The van der Waals surface area contributed by atoms with Crippen molar-refractivity contribution in [1.29, 1.82) is 0 Å². The maximum atomic E-state index is 10.0. The second kappa shape index (κ2) is 4.92. The molecule has 1 aromatic carbocycles. The topological polar surface area (TPSA) is 73.1 Å². The summed E-state index contributed by atoms with van der Waals surface area (Å²) in [5.74, 6) is 1.23. The highest BCUT2D eigenvalue weighted by molar-refractivity contribution is 5.30. The molecule has 17 heavy (non-hydrogen) atoms. The molecule has 0 amide bonds. The molecular formula is C11H14N4O2. The summed E-state index contributed by atoms with van der Waals surface area (Å²) < 4.78 is 5.10. The highest BCUT2D eigenvalue weighted by Crippen LogP contribution is 2.20. The summed E-state index contributed by atoms with van der Waals surface area (Å²) >= 11 is 0. The van der Waals surface area contributed by atoms with Crippen molar-refractivity contribution >= 4 is 0 Å². The highest BCUT2D eigenvalue weighted by Gasteiger charge is 2.12. The summed E-state index contributed by atoms with van der Waals surface area (Å²) in [6.07, 6.45) is -0.324. The van der Waals surface area contributed by atoms with Crippen LogP contribution in [0.2, 0.25) is 0 Å². The van der Waals surface area contributed by atoms with Gasteiger partial charge < -0.3 is 9.84 Å². The van der Waals surface area contributed by atoms with Crippen LogP contribution in [0.1, 0.15) is 17.5 Å². The molecule has 0 spiro atoms. The van der Waals surface area contributed by atoms with Crippen LogP contribution in [0.3, 0.4) is 0 Å². The van der Waals surface area contributed by atoms with Crippen LogP contribution in [-0.4, -0.2) is 32.4 Å². The zero-order valence-corrected chi connectivity index (χ0v) is 9.74. The number of tetrazole rings is 1. The van der Waals surface area contributed by atoms with Crippen LogP contribution in [0.15, 0.2) is 24.3 Å². The summed E-state index contributed by atoms with van der Waals surface area (Å²) in [6.45, 7) is 0. The van der Waals surface area contributed by atoms with Crippen molar-refractivity contribution in [3.63, 3.8) is 0 Å². The Hall–Kier alpha value is -1.95. The van der Waals surface area contributed by atoms with Crippen LogP contribution in [0.5, 0.6) is 5.75 Å². The molecule has 1 aromatic heterocycles. The van der Waals surface area contributed by atoms with E-state index in [0.717, 1.165) is 5.56 Å². The van der Waals surface area contributed by atoms with E-state index in [1.807, 2.05) is 18.2 Å². The van der Waals surface area contributed by atoms with Crippen molar-refractivity contribution in [3.05, 3.63) is 35.7 Å². The minimum Gasteiger partial charge on any atom is -0.497 e. The lowest BCUT2D eigenvalue weighted by molar-refractivity contribution is 0.175. The normalized spacial score (nSPS) is 12.4. The van der Waals surface area contributed by atoms with Gasteiger partial charge in [0.15, 0.2) is 5.82 Å². The first kappa shape index (κ1) is 11.5. The second-order valence-corrected chi connectivity index (χ2v) is 3.69. The van der Waals surface area contributed by atoms with E-state index in [4.69, 9.17) is 4.74 Å². The molecule has 0 bridgehead atoms. The van der Waals surface area contributed by atoms with Gasteiger partial charge in [-0.2, -0.15) is 4.80 Å². The summed E-state index contributed by atoms with van der Waals surface area (Å²) in [4.78, 5) is 1.37. The number of rotatable bonds is 4. The van der Waals surface area contributed by atoms with Gasteiger partial charge >= 0.3 is 0 Å². The van der Waals surface area contributed by atoms with Crippen molar-refractivity contribution in [1.82, 2.24) is 20.2 Å². The fourth-order valence-electron chi connectivity index (χ4n) is 1.54. The summed E-state index contributed by atoms with van der Waals surface area (Å²) in [7, 11) is 3.28. The van der Waals surface area contributed by atoms with E-state index in [9.17, 15) is 5.11 Å². The van der Waals surface area contributed by atoms with Crippen LogP contribution in [-0.2, 0) is 13.5 Å². The molecule has 6 nitrogen and oxygen atoms in total. The predicted octanol–water partition coefficient (Wildman–Crippen LogP) is 0.495. The zero-order valence-electron chi connectivity index (χ0n) is 9.74. The average molecular weight is 234 g/mol. The number of aliphatic hydroxyl groups is 1. The first-order valence-electron chi connectivity index (χ1n) is 5.24. The van der Waals surface area contributed by atoms with Crippen LogP contribution >= 0.6 is 0 Å². The SMILES string of the molecule is COc1cccc(C(O)Cc2nnn(C)n2)c1. The molecule has 6 heteroatoms. The van der Waals surface area contributed by atoms with Gasteiger partial charge in [0, 0.05) is 6.42 Å². The van der Waals surface area contributed by atoms with Gasteiger partial charge in [-0.25, -0.2) is 0 Å². The van der Waals surface area contributed by atoms with Crippen molar-refractivity contribution < 1.29 is 9.84 Å². The molecule has 0 saturated carbocycles. The molecule has 0 saturated heterocycles. The Morgan fingerprint density at radius 3 is 2.94 bits per heavy atom. The van der Waals surface area contributed by atoms with E-state index >= 15 is 0 Å². The molecule has 0 aliphatic heterocycles. The van der Waals surface area contributed by atoms with Gasteiger partial charge in [-0.3, -0.25) is 0 Å². The number of ether oxygens (including phenoxy) is 1. The number of aryl methyl sites for hydroxylation is 1. The molecule has 0 aliphatic carbocycles. The quantitative estimate of drug-likeness (QED) is 0.833. The van der Waals surface area contributed by atoms with Crippen molar-refractivity contribution in [2.24, 2.45) is 7.05 Å². The fraction of sp³-hybridized carbons (Fsp3) is 0.364. The lowest BCUT2D eigenvalue weighted by Crippen LogP contribution is -2.04. The van der Waals surface area contributed by atoms with Gasteiger partial charge in [-0.1, -0.05) is 12.1 Å². The molecule has 2 aromatic rings. The highest BCUT2D eigenvalue weighted by atomic mass is 16.5. The molecule has 0 aliphatic rings. The number of aliphatic hydroxyl groups excluding tert-OH is 1. The van der Waals surface area contributed by atoms with Gasteiger partial charge in [-0.05, 0) is 22.9 Å².